The van der Waals surface area contributed by atoms with Crippen LogP contribution in [0.15, 0.2) is 85.2 Å². The van der Waals surface area contributed by atoms with E-state index < -0.39 is 5.97 Å². The average molecular weight is 431 g/mol. The summed E-state index contributed by atoms with van der Waals surface area (Å²) in [5.41, 5.74) is 4.64. The summed E-state index contributed by atoms with van der Waals surface area (Å²) in [6.45, 7) is 7.35. The number of allylic oxidation sites excluding steroid dienone is 1. The van der Waals surface area contributed by atoms with Crippen molar-refractivity contribution in [2.24, 2.45) is 0 Å². The van der Waals surface area contributed by atoms with Crippen molar-refractivity contribution < 1.29 is 23.7 Å². The zero-order valence-electron chi connectivity index (χ0n) is 18.7. The van der Waals surface area contributed by atoms with Crippen molar-refractivity contribution in [3.63, 3.8) is 0 Å². The molecular weight excluding hydrogens is 404 g/mol. The van der Waals surface area contributed by atoms with E-state index in [1.165, 1.54) is 0 Å². The van der Waals surface area contributed by atoms with E-state index in [-0.39, 0.29) is 0 Å². The molecule has 0 unspecified atom stereocenters. The van der Waals surface area contributed by atoms with Gasteiger partial charge >= 0.3 is 5.97 Å². The van der Waals surface area contributed by atoms with Gasteiger partial charge in [-0.1, -0.05) is 30.8 Å². The fraction of sp³-hybridized carbons (Fsp3) is 0.148. The molecule has 0 spiro atoms. The van der Waals surface area contributed by atoms with E-state index in [1.54, 1.807) is 32.6 Å². The molecule has 0 aliphatic rings. The minimum Gasteiger partial charge on any atom is -0.497 e. The molecule has 5 heteroatoms. The third-order valence-corrected chi connectivity index (χ3v) is 4.67. The Bertz CT molecular complexity index is 1120. The van der Waals surface area contributed by atoms with Crippen LogP contribution in [-0.4, -0.2) is 20.2 Å². The highest BCUT2D eigenvalue weighted by atomic mass is 16.5. The highest BCUT2D eigenvalue weighted by Crippen LogP contribution is 2.41. The number of hydrogen-bond donors (Lipinski definition) is 0. The van der Waals surface area contributed by atoms with Crippen molar-refractivity contribution in [3.8, 4) is 45.3 Å². The largest absolute Gasteiger partial charge is 0.497 e. The lowest BCUT2D eigenvalue weighted by molar-refractivity contribution is -0.128. The van der Waals surface area contributed by atoms with E-state index in [0.29, 0.717) is 17.2 Å². The van der Waals surface area contributed by atoms with E-state index in [4.69, 9.17) is 18.9 Å². The molecule has 3 aromatic rings. The molecule has 0 radical (unpaired) electrons. The summed E-state index contributed by atoms with van der Waals surface area (Å²) in [6.07, 6.45) is 2.84. The van der Waals surface area contributed by atoms with Crippen molar-refractivity contribution in [1.82, 2.24) is 0 Å². The van der Waals surface area contributed by atoms with Gasteiger partial charge in [-0.2, -0.15) is 0 Å². The lowest BCUT2D eigenvalue weighted by Crippen LogP contribution is -2.02. The molecule has 0 fully saturated rings. The molecule has 32 heavy (non-hydrogen) atoms. The zero-order valence-corrected chi connectivity index (χ0v) is 18.7. The molecule has 0 saturated carbocycles. The Labute approximate surface area is 188 Å². The highest BCUT2D eigenvalue weighted by molar-refractivity contribution is 5.84. The second-order valence-electron chi connectivity index (χ2n) is 7.24. The maximum Gasteiger partial charge on any atom is 0.335 e. The summed E-state index contributed by atoms with van der Waals surface area (Å²) in [6, 6.07) is 18.8. The summed E-state index contributed by atoms with van der Waals surface area (Å²) in [5.74, 6) is 2.09. The lowest BCUT2D eigenvalue weighted by atomic mass is 9.97. The number of ether oxygens (including phenoxy) is 4. The van der Waals surface area contributed by atoms with Gasteiger partial charge < -0.3 is 18.9 Å². The molecule has 164 valence electrons. The van der Waals surface area contributed by atoms with Crippen LogP contribution in [0.1, 0.15) is 13.8 Å². The Morgan fingerprint density at radius 1 is 0.781 bits per heavy atom. The predicted octanol–water partition coefficient (Wildman–Crippen LogP) is 6.43. The highest BCUT2D eigenvalue weighted by Gasteiger charge is 2.15. The number of methoxy groups -OCH3 is 2. The van der Waals surface area contributed by atoms with Crippen molar-refractivity contribution in [2.45, 2.75) is 13.8 Å². The normalized spacial score (nSPS) is 10.1. The van der Waals surface area contributed by atoms with Crippen LogP contribution < -0.4 is 18.9 Å². The molecule has 0 heterocycles. The van der Waals surface area contributed by atoms with Gasteiger partial charge in [0.25, 0.3) is 0 Å². The smallest absolute Gasteiger partial charge is 0.335 e. The first-order valence-electron chi connectivity index (χ1n) is 10.1. The summed E-state index contributed by atoms with van der Waals surface area (Å²) >= 11 is 0. The Balaban J connectivity index is 2.08. The Morgan fingerprint density at radius 3 is 1.81 bits per heavy atom. The number of esters is 1. The van der Waals surface area contributed by atoms with Gasteiger partial charge in [0, 0.05) is 17.2 Å². The van der Waals surface area contributed by atoms with E-state index in [1.807, 2.05) is 62.4 Å². The Morgan fingerprint density at radius 2 is 1.31 bits per heavy atom. The van der Waals surface area contributed by atoms with Crippen molar-refractivity contribution in [2.75, 3.05) is 14.2 Å². The van der Waals surface area contributed by atoms with Crippen LogP contribution in [0, 0.1) is 0 Å². The van der Waals surface area contributed by atoms with Gasteiger partial charge in [0.2, 0.25) is 0 Å². The average Bonchev–Trinajstić information content (AvgIpc) is 2.82. The van der Waals surface area contributed by atoms with Gasteiger partial charge in [-0.15, -0.1) is 0 Å². The Kier molecular flexibility index (Phi) is 7.34. The zero-order chi connectivity index (χ0) is 23.1. The van der Waals surface area contributed by atoms with Crippen molar-refractivity contribution in [3.05, 3.63) is 85.2 Å². The van der Waals surface area contributed by atoms with Crippen LogP contribution in [0.5, 0.6) is 23.0 Å². The second-order valence-corrected chi connectivity index (χ2v) is 7.24. The topological polar surface area (TPSA) is 54.0 Å². The van der Waals surface area contributed by atoms with Gasteiger partial charge in [0.15, 0.2) is 0 Å². The summed E-state index contributed by atoms with van der Waals surface area (Å²) in [4.78, 5) is 11.4. The molecule has 0 N–H and O–H groups in total. The first-order valence-corrected chi connectivity index (χ1v) is 10.1. The molecular formula is C27H26O5. The minimum atomic E-state index is -0.504. The molecule has 0 aliphatic carbocycles. The third kappa shape index (κ3) is 5.38. The number of rotatable bonds is 8. The molecule has 0 aliphatic heterocycles. The molecule has 0 atom stereocenters. The van der Waals surface area contributed by atoms with Crippen LogP contribution in [-0.2, 0) is 4.79 Å². The van der Waals surface area contributed by atoms with E-state index in [0.717, 1.165) is 39.7 Å². The number of carbonyl (C=O) groups is 1. The Hall–Kier alpha value is -3.99. The van der Waals surface area contributed by atoms with Crippen LogP contribution in [0.3, 0.4) is 0 Å². The SMILES string of the molecule is C=CC(=O)Oc1ccc(-c2cc(OC)c(-c3ccc(OC)cc3)cc2OC=C(C)C)cc1. The molecule has 0 saturated heterocycles. The second kappa shape index (κ2) is 10.4. The number of benzene rings is 3. The molecule has 3 rings (SSSR count). The fourth-order valence-corrected chi connectivity index (χ4v) is 3.09. The summed E-state index contributed by atoms with van der Waals surface area (Å²) < 4.78 is 22.2. The molecule has 0 aromatic heterocycles. The van der Waals surface area contributed by atoms with Gasteiger partial charge in [-0.25, -0.2) is 4.79 Å². The summed E-state index contributed by atoms with van der Waals surface area (Å²) in [7, 11) is 3.28. The first kappa shape index (κ1) is 22.7. The van der Waals surface area contributed by atoms with Gasteiger partial charge in [0.05, 0.1) is 20.5 Å². The van der Waals surface area contributed by atoms with Crippen LogP contribution in [0.4, 0.5) is 0 Å². The van der Waals surface area contributed by atoms with Crippen LogP contribution in [0.25, 0.3) is 22.3 Å². The minimum absolute atomic E-state index is 0.437. The maximum absolute atomic E-state index is 11.4. The van der Waals surface area contributed by atoms with Crippen molar-refractivity contribution >= 4 is 5.97 Å². The molecule has 3 aromatic carbocycles. The van der Waals surface area contributed by atoms with Crippen LogP contribution >= 0.6 is 0 Å². The maximum atomic E-state index is 11.4. The first-order chi connectivity index (χ1) is 15.4. The van der Waals surface area contributed by atoms with Gasteiger partial charge in [0.1, 0.15) is 23.0 Å². The van der Waals surface area contributed by atoms with Gasteiger partial charge in [-0.05, 0) is 66.9 Å². The molecule has 5 nitrogen and oxygen atoms in total. The lowest BCUT2D eigenvalue weighted by Gasteiger charge is -2.16. The monoisotopic (exact) mass is 430 g/mol. The van der Waals surface area contributed by atoms with E-state index >= 15 is 0 Å². The van der Waals surface area contributed by atoms with Crippen molar-refractivity contribution in [1.29, 1.82) is 0 Å². The van der Waals surface area contributed by atoms with Crippen LogP contribution in [0.2, 0.25) is 0 Å². The standard InChI is InChI=1S/C27H26O5/c1-6-27(28)32-22-13-9-20(10-14-22)24-15-25(30-5)23(16-26(24)31-17-18(2)3)19-7-11-21(29-4)12-8-19/h6-17H,1H2,2-5H3. The van der Waals surface area contributed by atoms with E-state index in [2.05, 4.69) is 6.58 Å². The van der Waals surface area contributed by atoms with Gasteiger partial charge in [-0.3, -0.25) is 0 Å². The molecule has 0 bridgehead atoms. The van der Waals surface area contributed by atoms with E-state index in [9.17, 15) is 4.79 Å². The third-order valence-electron chi connectivity index (χ3n) is 4.67. The fourth-order valence-electron chi connectivity index (χ4n) is 3.09. The summed E-state index contributed by atoms with van der Waals surface area (Å²) in [5, 5.41) is 0. The predicted molar refractivity (Wildman–Crippen MR) is 126 cm³/mol. The molecule has 0 amide bonds. The quantitative estimate of drug-likeness (QED) is 0.178. The number of hydrogen-bond acceptors (Lipinski definition) is 5. The number of carbonyl (C=O) groups excluding carboxylic acids is 1.